The van der Waals surface area contributed by atoms with Crippen molar-refractivity contribution in [1.82, 2.24) is 5.32 Å². The minimum atomic E-state index is -4.60. The van der Waals surface area contributed by atoms with Crippen molar-refractivity contribution in [1.29, 1.82) is 0 Å². The summed E-state index contributed by atoms with van der Waals surface area (Å²) in [7, 11) is 0. The second kappa shape index (κ2) is 8.09. The molecule has 0 aliphatic rings. The van der Waals surface area contributed by atoms with Gasteiger partial charge in [0, 0.05) is 21.5 Å². The molecule has 0 radical (unpaired) electrons. The van der Waals surface area contributed by atoms with Crippen LogP contribution in [0.1, 0.15) is 21.5 Å². The molecule has 0 bridgehead atoms. The second-order valence-corrected chi connectivity index (χ2v) is 6.67. The SMILES string of the molecule is O=C(N[C@H](Cc1cc(Cl)ccc1Br)C(=O)O)c1cccc(C(F)(F)F)c1. The number of carboxylic acids is 1. The molecule has 1 amide bonds. The molecule has 0 unspecified atom stereocenters. The zero-order chi connectivity index (χ0) is 19.5. The smallest absolute Gasteiger partial charge is 0.416 e. The monoisotopic (exact) mass is 449 g/mol. The van der Waals surface area contributed by atoms with Gasteiger partial charge in [-0.05, 0) is 42.0 Å². The van der Waals surface area contributed by atoms with Gasteiger partial charge >= 0.3 is 12.1 Å². The van der Waals surface area contributed by atoms with E-state index in [1.54, 1.807) is 12.1 Å². The Morgan fingerprint density at radius 2 is 1.88 bits per heavy atom. The predicted octanol–water partition coefficient (Wildman–Crippen LogP) is 4.55. The van der Waals surface area contributed by atoms with Gasteiger partial charge in [-0.1, -0.05) is 33.6 Å². The molecule has 0 saturated carbocycles. The fourth-order valence-electron chi connectivity index (χ4n) is 2.20. The van der Waals surface area contributed by atoms with Gasteiger partial charge in [0.05, 0.1) is 5.56 Å². The van der Waals surface area contributed by atoms with Crippen molar-refractivity contribution in [3.63, 3.8) is 0 Å². The highest BCUT2D eigenvalue weighted by atomic mass is 79.9. The molecular formula is C17H12BrClF3NO3. The van der Waals surface area contributed by atoms with Crippen LogP contribution in [-0.2, 0) is 17.4 Å². The Kier molecular flexibility index (Phi) is 6.30. The summed E-state index contributed by atoms with van der Waals surface area (Å²) in [6.45, 7) is 0. The molecule has 2 rings (SSSR count). The number of hydrogen-bond acceptors (Lipinski definition) is 2. The van der Waals surface area contributed by atoms with Crippen molar-refractivity contribution in [3.8, 4) is 0 Å². The molecular weight excluding hydrogens is 439 g/mol. The molecule has 2 N–H and O–H groups in total. The van der Waals surface area contributed by atoms with Gasteiger partial charge in [-0.15, -0.1) is 0 Å². The van der Waals surface area contributed by atoms with Gasteiger partial charge in [0.1, 0.15) is 6.04 Å². The fraction of sp³-hybridized carbons (Fsp3) is 0.176. The Hall–Kier alpha value is -2.06. The minimum Gasteiger partial charge on any atom is -0.480 e. The van der Waals surface area contributed by atoms with Crippen LogP contribution in [0.3, 0.4) is 0 Å². The average molecular weight is 451 g/mol. The summed E-state index contributed by atoms with van der Waals surface area (Å²) in [5, 5.41) is 12.0. The lowest BCUT2D eigenvalue weighted by Crippen LogP contribution is -2.42. The Morgan fingerprint density at radius 1 is 1.19 bits per heavy atom. The first-order chi connectivity index (χ1) is 12.1. The maximum atomic E-state index is 12.7. The van der Waals surface area contributed by atoms with Crippen LogP contribution in [0.4, 0.5) is 13.2 Å². The minimum absolute atomic E-state index is 0.0961. The summed E-state index contributed by atoms with van der Waals surface area (Å²) in [5.41, 5.74) is -0.736. The van der Waals surface area contributed by atoms with Crippen molar-refractivity contribution in [2.75, 3.05) is 0 Å². The third-order valence-corrected chi connectivity index (χ3v) is 4.50. The zero-order valence-corrected chi connectivity index (χ0v) is 15.3. The number of alkyl halides is 3. The lowest BCUT2D eigenvalue weighted by atomic mass is 10.0. The zero-order valence-electron chi connectivity index (χ0n) is 13.0. The Balaban J connectivity index is 2.21. The predicted molar refractivity (Wildman–Crippen MR) is 93.2 cm³/mol. The van der Waals surface area contributed by atoms with Crippen molar-refractivity contribution in [3.05, 3.63) is 68.7 Å². The quantitative estimate of drug-likeness (QED) is 0.702. The number of rotatable bonds is 5. The lowest BCUT2D eigenvalue weighted by Gasteiger charge is -2.16. The van der Waals surface area contributed by atoms with Crippen LogP contribution in [0.5, 0.6) is 0 Å². The number of carboxylic acid groups (broad SMARTS) is 1. The molecule has 2 aromatic carbocycles. The summed E-state index contributed by atoms with van der Waals surface area (Å²) in [6, 6.07) is 7.19. The number of aliphatic carboxylic acids is 1. The Bertz CT molecular complexity index is 842. The van der Waals surface area contributed by atoms with Crippen LogP contribution in [0.15, 0.2) is 46.9 Å². The normalized spacial score (nSPS) is 12.5. The molecule has 2 aromatic rings. The molecule has 0 aromatic heterocycles. The summed E-state index contributed by atoms with van der Waals surface area (Å²) in [5.74, 6) is -2.24. The van der Waals surface area contributed by atoms with Crippen LogP contribution >= 0.6 is 27.5 Å². The first kappa shape index (κ1) is 20.3. The number of amides is 1. The third kappa shape index (κ3) is 5.22. The molecule has 0 spiro atoms. The van der Waals surface area contributed by atoms with Gasteiger partial charge in [-0.2, -0.15) is 13.2 Å². The van der Waals surface area contributed by atoms with E-state index in [0.717, 1.165) is 12.1 Å². The highest BCUT2D eigenvalue weighted by Crippen LogP contribution is 2.29. The molecule has 0 aliphatic carbocycles. The van der Waals surface area contributed by atoms with Crippen molar-refractivity contribution in [2.24, 2.45) is 0 Å². The van der Waals surface area contributed by atoms with E-state index in [0.29, 0.717) is 21.1 Å². The molecule has 0 heterocycles. The molecule has 4 nitrogen and oxygen atoms in total. The summed E-state index contributed by atoms with van der Waals surface area (Å²) in [4.78, 5) is 23.7. The van der Waals surface area contributed by atoms with Gasteiger partial charge in [0.2, 0.25) is 0 Å². The van der Waals surface area contributed by atoms with Gasteiger partial charge in [-0.3, -0.25) is 4.79 Å². The van der Waals surface area contributed by atoms with E-state index in [-0.39, 0.29) is 12.0 Å². The van der Waals surface area contributed by atoms with Crippen LogP contribution in [0.25, 0.3) is 0 Å². The maximum absolute atomic E-state index is 12.7. The highest BCUT2D eigenvalue weighted by molar-refractivity contribution is 9.10. The fourth-order valence-corrected chi connectivity index (χ4v) is 2.80. The van der Waals surface area contributed by atoms with Crippen molar-refractivity contribution in [2.45, 2.75) is 18.6 Å². The van der Waals surface area contributed by atoms with E-state index in [1.807, 2.05) is 0 Å². The van der Waals surface area contributed by atoms with E-state index in [1.165, 1.54) is 12.1 Å². The summed E-state index contributed by atoms with van der Waals surface area (Å²) < 4.78 is 38.8. The summed E-state index contributed by atoms with van der Waals surface area (Å²) in [6.07, 6.45) is -4.70. The van der Waals surface area contributed by atoms with Crippen LogP contribution in [0, 0.1) is 0 Å². The van der Waals surface area contributed by atoms with E-state index >= 15 is 0 Å². The topological polar surface area (TPSA) is 66.4 Å². The van der Waals surface area contributed by atoms with E-state index in [9.17, 15) is 27.9 Å². The number of nitrogens with one attached hydrogen (secondary N) is 1. The van der Waals surface area contributed by atoms with E-state index in [2.05, 4.69) is 21.2 Å². The highest BCUT2D eigenvalue weighted by Gasteiger charge is 2.31. The number of carbonyl (C=O) groups excluding carboxylic acids is 1. The Morgan fingerprint density at radius 3 is 2.50 bits per heavy atom. The number of halogens is 5. The van der Waals surface area contributed by atoms with Crippen molar-refractivity contribution >= 4 is 39.4 Å². The molecule has 0 fully saturated rings. The molecule has 9 heteroatoms. The maximum Gasteiger partial charge on any atom is 0.416 e. The van der Waals surface area contributed by atoms with Crippen LogP contribution < -0.4 is 5.32 Å². The van der Waals surface area contributed by atoms with Gasteiger partial charge in [0.25, 0.3) is 5.91 Å². The third-order valence-electron chi connectivity index (χ3n) is 3.49. The number of benzene rings is 2. The molecule has 0 aliphatic heterocycles. The lowest BCUT2D eigenvalue weighted by molar-refractivity contribution is -0.139. The summed E-state index contributed by atoms with van der Waals surface area (Å²) >= 11 is 9.14. The molecule has 1 atom stereocenters. The van der Waals surface area contributed by atoms with Gasteiger partial charge < -0.3 is 10.4 Å². The first-order valence-corrected chi connectivity index (χ1v) is 8.40. The van der Waals surface area contributed by atoms with E-state index < -0.39 is 29.7 Å². The van der Waals surface area contributed by atoms with Gasteiger partial charge in [0.15, 0.2) is 0 Å². The average Bonchev–Trinajstić information content (AvgIpc) is 2.56. The standard InChI is InChI=1S/C17H12BrClF3NO3/c18-13-5-4-12(19)7-10(13)8-14(16(25)26)23-15(24)9-2-1-3-11(6-9)17(20,21)22/h1-7,14H,8H2,(H,23,24)(H,25,26)/t14-/m1/s1. The largest absolute Gasteiger partial charge is 0.480 e. The molecule has 0 saturated heterocycles. The van der Waals surface area contributed by atoms with E-state index in [4.69, 9.17) is 11.6 Å². The first-order valence-electron chi connectivity index (χ1n) is 7.23. The molecule has 138 valence electrons. The number of carbonyl (C=O) groups is 2. The molecule has 26 heavy (non-hydrogen) atoms. The second-order valence-electron chi connectivity index (χ2n) is 5.38. The van der Waals surface area contributed by atoms with Crippen molar-refractivity contribution < 1.29 is 27.9 Å². The van der Waals surface area contributed by atoms with Crippen LogP contribution in [0.2, 0.25) is 5.02 Å². The van der Waals surface area contributed by atoms with Crippen LogP contribution in [-0.4, -0.2) is 23.0 Å². The number of hydrogen-bond donors (Lipinski definition) is 2. The Labute approximate surface area is 160 Å². The van der Waals surface area contributed by atoms with Gasteiger partial charge in [-0.25, -0.2) is 4.79 Å².